The Bertz CT molecular complexity index is 707. The standard InChI is InChI=1S/C15H17N3O2.ClH/c1-18(10-6-7-16-9-10)15(20)12-8-14(19)17-13-5-3-2-4-11(12)13;/h2-5,8,10,16H,6-7,9H2,1H3,(H,17,19);1H. The lowest BCUT2D eigenvalue weighted by Crippen LogP contribution is -2.38. The summed E-state index contributed by atoms with van der Waals surface area (Å²) in [6, 6.07) is 8.97. The van der Waals surface area contributed by atoms with Gasteiger partial charge < -0.3 is 15.2 Å². The molecule has 3 rings (SSSR count). The fourth-order valence-electron chi connectivity index (χ4n) is 2.71. The molecule has 1 amide bonds. The summed E-state index contributed by atoms with van der Waals surface area (Å²) < 4.78 is 0. The number of benzene rings is 1. The van der Waals surface area contributed by atoms with Crippen molar-refractivity contribution in [2.75, 3.05) is 20.1 Å². The van der Waals surface area contributed by atoms with E-state index >= 15 is 0 Å². The molecule has 0 spiro atoms. The molecule has 1 aliphatic rings. The van der Waals surface area contributed by atoms with Crippen LogP contribution in [0.5, 0.6) is 0 Å². The van der Waals surface area contributed by atoms with Crippen LogP contribution in [0.3, 0.4) is 0 Å². The molecule has 1 unspecified atom stereocenters. The lowest BCUT2D eigenvalue weighted by atomic mass is 10.1. The first-order valence-electron chi connectivity index (χ1n) is 6.77. The highest BCUT2D eigenvalue weighted by molar-refractivity contribution is 6.05. The number of H-pyrrole nitrogens is 1. The average Bonchev–Trinajstić information content (AvgIpc) is 2.99. The van der Waals surface area contributed by atoms with E-state index in [1.165, 1.54) is 6.07 Å². The Morgan fingerprint density at radius 3 is 2.81 bits per heavy atom. The number of para-hydroxylation sites is 1. The van der Waals surface area contributed by atoms with Gasteiger partial charge in [0, 0.05) is 36.6 Å². The van der Waals surface area contributed by atoms with Crippen molar-refractivity contribution in [1.29, 1.82) is 0 Å². The highest BCUT2D eigenvalue weighted by Gasteiger charge is 2.25. The van der Waals surface area contributed by atoms with Gasteiger partial charge in [-0.15, -0.1) is 12.4 Å². The number of aromatic nitrogens is 1. The van der Waals surface area contributed by atoms with Crippen molar-refractivity contribution in [2.24, 2.45) is 0 Å². The van der Waals surface area contributed by atoms with Gasteiger partial charge in [-0.2, -0.15) is 0 Å². The van der Waals surface area contributed by atoms with E-state index in [9.17, 15) is 9.59 Å². The first-order valence-corrected chi connectivity index (χ1v) is 6.77. The van der Waals surface area contributed by atoms with Crippen molar-refractivity contribution in [3.05, 3.63) is 46.2 Å². The molecule has 2 heterocycles. The van der Waals surface area contributed by atoms with E-state index < -0.39 is 0 Å². The van der Waals surface area contributed by atoms with Gasteiger partial charge in [-0.05, 0) is 19.0 Å². The molecule has 1 saturated heterocycles. The van der Waals surface area contributed by atoms with E-state index in [4.69, 9.17) is 0 Å². The minimum atomic E-state index is -0.245. The lowest BCUT2D eigenvalue weighted by molar-refractivity contribution is 0.0745. The zero-order valence-electron chi connectivity index (χ0n) is 11.8. The molecule has 1 aromatic carbocycles. The maximum Gasteiger partial charge on any atom is 0.254 e. The Labute approximate surface area is 128 Å². The highest BCUT2D eigenvalue weighted by atomic mass is 35.5. The topological polar surface area (TPSA) is 65.2 Å². The summed E-state index contributed by atoms with van der Waals surface area (Å²) in [5, 5.41) is 4.03. The third-order valence-electron chi connectivity index (χ3n) is 3.88. The monoisotopic (exact) mass is 307 g/mol. The Kier molecular flexibility index (Phi) is 4.65. The largest absolute Gasteiger partial charge is 0.337 e. The third kappa shape index (κ3) is 2.94. The minimum absolute atomic E-state index is 0. The second-order valence-corrected chi connectivity index (χ2v) is 5.16. The first kappa shape index (κ1) is 15.5. The number of hydrogen-bond donors (Lipinski definition) is 2. The van der Waals surface area contributed by atoms with E-state index in [-0.39, 0.29) is 29.9 Å². The van der Waals surface area contributed by atoms with E-state index in [1.807, 2.05) is 24.3 Å². The molecule has 1 aromatic heterocycles. The molecule has 2 aromatic rings. The predicted molar refractivity (Wildman–Crippen MR) is 85.2 cm³/mol. The molecule has 0 aliphatic carbocycles. The molecule has 1 aliphatic heterocycles. The summed E-state index contributed by atoms with van der Waals surface area (Å²) in [5.41, 5.74) is 0.921. The van der Waals surface area contributed by atoms with Gasteiger partial charge in [0.1, 0.15) is 0 Å². The van der Waals surface area contributed by atoms with E-state index in [2.05, 4.69) is 10.3 Å². The minimum Gasteiger partial charge on any atom is -0.337 e. The Hall–Kier alpha value is -1.85. The number of carbonyl (C=O) groups excluding carboxylic acids is 1. The Morgan fingerprint density at radius 1 is 1.33 bits per heavy atom. The van der Waals surface area contributed by atoms with Crippen molar-refractivity contribution < 1.29 is 4.79 Å². The maximum absolute atomic E-state index is 12.6. The van der Waals surface area contributed by atoms with Crippen LogP contribution in [0.2, 0.25) is 0 Å². The number of amides is 1. The zero-order valence-corrected chi connectivity index (χ0v) is 12.6. The molecular formula is C15H18ClN3O2. The van der Waals surface area contributed by atoms with Crippen LogP contribution in [-0.4, -0.2) is 42.0 Å². The molecule has 6 heteroatoms. The molecule has 112 valence electrons. The van der Waals surface area contributed by atoms with Crippen LogP contribution in [0, 0.1) is 0 Å². The zero-order chi connectivity index (χ0) is 14.1. The average molecular weight is 308 g/mol. The summed E-state index contributed by atoms with van der Waals surface area (Å²) >= 11 is 0. The number of nitrogens with zero attached hydrogens (tertiary/aromatic N) is 1. The van der Waals surface area contributed by atoms with Gasteiger partial charge in [-0.3, -0.25) is 9.59 Å². The van der Waals surface area contributed by atoms with Crippen LogP contribution in [-0.2, 0) is 0 Å². The maximum atomic E-state index is 12.6. The molecule has 0 bridgehead atoms. The van der Waals surface area contributed by atoms with Crippen molar-refractivity contribution in [3.63, 3.8) is 0 Å². The number of aromatic amines is 1. The van der Waals surface area contributed by atoms with Crippen LogP contribution < -0.4 is 10.9 Å². The van der Waals surface area contributed by atoms with Crippen LogP contribution in [0.1, 0.15) is 16.8 Å². The van der Waals surface area contributed by atoms with E-state index in [0.717, 1.165) is 24.9 Å². The predicted octanol–water partition coefficient (Wildman–Crippen LogP) is 1.38. The number of likely N-dealkylation sites (N-methyl/N-ethyl adjacent to an activating group) is 1. The number of pyridine rings is 1. The number of halogens is 1. The summed E-state index contributed by atoms with van der Waals surface area (Å²) in [4.78, 5) is 28.8. The number of rotatable bonds is 2. The second-order valence-electron chi connectivity index (χ2n) is 5.16. The van der Waals surface area contributed by atoms with Crippen LogP contribution >= 0.6 is 12.4 Å². The number of fused-ring (bicyclic) bond motifs is 1. The van der Waals surface area contributed by atoms with Crippen molar-refractivity contribution in [1.82, 2.24) is 15.2 Å². The van der Waals surface area contributed by atoms with Gasteiger partial charge in [-0.1, -0.05) is 18.2 Å². The van der Waals surface area contributed by atoms with Gasteiger partial charge in [0.05, 0.1) is 5.56 Å². The molecule has 0 radical (unpaired) electrons. The first-order chi connectivity index (χ1) is 9.66. The molecule has 21 heavy (non-hydrogen) atoms. The Balaban J connectivity index is 0.00000161. The normalized spacial score (nSPS) is 17.5. The molecule has 1 fully saturated rings. The fourth-order valence-corrected chi connectivity index (χ4v) is 2.71. The third-order valence-corrected chi connectivity index (χ3v) is 3.88. The summed E-state index contributed by atoms with van der Waals surface area (Å²) in [6.07, 6.45) is 0.948. The highest BCUT2D eigenvalue weighted by Crippen LogP contribution is 2.18. The molecule has 5 nitrogen and oxygen atoms in total. The molecular weight excluding hydrogens is 290 g/mol. The molecule has 1 atom stereocenters. The lowest BCUT2D eigenvalue weighted by Gasteiger charge is -2.24. The SMILES string of the molecule is CN(C(=O)c1cc(=O)[nH]c2ccccc12)C1CCNC1.Cl. The van der Waals surface area contributed by atoms with Gasteiger partial charge in [-0.25, -0.2) is 0 Å². The van der Waals surface area contributed by atoms with Crippen molar-refractivity contribution in [3.8, 4) is 0 Å². The smallest absolute Gasteiger partial charge is 0.254 e. The number of nitrogens with one attached hydrogen (secondary N) is 2. The number of carbonyl (C=O) groups is 1. The van der Waals surface area contributed by atoms with Gasteiger partial charge in [0.15, 0.2) is 0 Å². The summed E-state index contributed by atoms with van der Waals surface area (Å²) in [5.74, 6) is -0.0963. The van der Waals surface area contributed by atoms with Crippen molar-refractivity contribution >= 4 is 29.2 Å². The summed E-state index contributed by atoms with van der Waals surface area (Å²) in [7, 11) is 1.80. The summed E-state index contributed by atoms with van der Waals surface area (Å²) in [6.45, 7) is 1.74. The van der Waals surface area contributed by atoms with Crippen LogP contribution in [0.25, 0.3) is 10.9 Å². The molecule has 0 saturated carbocycles. The van der Waals surface area contributed by atoms with E-state index in [0.29, 0.717) is 11.1 Å². The number of hydrogen-bond acceptors (Lipinski definition) is 3. The van der Waals surface area contributed by atoms with Gasteiger partial charge in [0.2, 0.25) is 5.56 Å². The van der Waals surface area contributed by atoms with Gasteiger partial charge in [0.25, 0.3) is 5.91 Å². The van der Waals surface area contributed by atoms with Crippen LogP contribution in [0.4, 0.5) is 0 Å². The molecule has 2 N–H and O–H groups in total. The van der Waals surface area contributed by atoms with E-state index in [1.54, 1.807) is 11.9 Å². The van der Waals surface area contributed by atoms with Crippen molar-refractivity contribution in [2.45, 2.75) is 12.5 Å². The second kappa shape index (κ2) is 6.28. The fraction of sp³-hybridized carbons (Fsp3) is 0.333. The van der Waals surface area contributed by atoms with Gasteiger partial charge >= 0.3 is 0 Å². The van der Waals surface area contributed by atoms with Crippen LogP contribution in [0.15, 0.2) is 35.1 Å². The Morgan fingerprint density at radius 2 is 2.10 bits per heavy atom. The quantitative estimate of drug-likeness (QED) is 0.881.